The Morgan fingerprint density at radius 2 is 1.80 bits per heavy atom. The molecule has 1 heterocycles. The molecular weight excluding hydrogens is 556 g/mol. The molecule has 2 atom stereocenters. The van der Waals surface area contributed by atoms with Gasteiger partial charge < -0.3 is 5.32 Å². The number of rotatable bonds is 14. The van der Waals surface area contributed by atoms with Crippen LogP contribution in [0.2, 0.25) is 0 Å². The van der Waals surface area contributed by atoms with Crippen LogP contribution in [0.3, 0.4) is 0 Å². The van der Waals surface area contributed by atoms with Crippen LogP contribution in [0.25, 0.3) is 0 Å². The van der Waals surface area contributed by atoms with Crippen molar-refractivity contribution in [2.75, 3.05) is 5.75 Å². The zero-order valence-corrected chi connectivity index (χ0v) is 22.5. The zero-order chi connectivity index (χ0) is 29.5. The van der Waals surface area contributed by atoms with Gasteiger partial charge in [-0.25, -0.2) is 18.2 Å². The van der Waals surface area contributed by atoms with Crippen LogP contribution < -0.4 is 10.7 Å². The maximum Gasteiger partial charge on any atom is 0.409 e. The molecule has 0 saturated heterocycles. The maximum absolute atomic E-state index is 14.2. The van der Waals surface area contributed by atoms with Crippen LogP contribution in [0.5, 0.6) is 0 Å². The molecule has 2 amide bonds. The molecule has 0 spiro atoms. The highest BCUT2D eigenvalue weighted by atomic mass is 32.2. The normalized spacial score (nSPS) is 15.2. The fourth-order valence-corrected chi connectivity index (χ4v) is 5.23. The lowest BCUT2D eigenvalue weighted by Crippen LogP contribution is -2.58. The Morgan fingerprint density at radius 3 is 2.35 bits per heavy atom. The number of ketones is 1. The van der Waals surface area contributed by atoms with Gasteiger partial charge in [0.25, 0.3) is 5.91 Å². The number of aromatic nitrogens is 1. The minimum absolute atomic E-state index is 0.175. The first-order chi connectivity index (χ1) is 18.8. The molecule has 0 unspecified atom stereocenters. The number of pyridine rings is 1. The van der Waals surface area contributed by atoms with Gasteiger partial charge in [-0.2, -0.15) is 13.2 Å². The first-order valence-electron chi connectivity index (χ1n) is 12.6. The van der Waals surface area contributed by atoms with Crippen molar-refractivity contribution in [2.24, 2.45) is 0 Å². The van der Waals surface area contributed by atoms with E-state index in [1.165, 1.54) is 24.5 Å². The van der Waals surface area contributed by atoms with Crippen LogP contribution in [0, 0.1) is 5.82 Å². The van der Waals surface area contributed by atoms with Crippen LogP contribution in [-0.4, -0.2) is 60.0 Å². The van der Waals surface area contributed by atoms with Gasteiger partial charge in [0.2, 0.25) is 11.7 Å². The highest BCUT2D eigenvalue weighted by Crippen LogP contribution is 2.34. The van der Waals surface area contributed by atoms with Gasteiger partial charge in [0, 0.05) is 24.9 Å². The average molecular weight is 587 g/mol. The summed E-state index contributed by atoms with van der Waals surface area (Å²) in [6, 6.07) is 1.97. The topological polar surface area (TPSA) is 126 Å². The van der Waals surface area contributed by atoms with E-state index in [0.29, 0.717) is 23.4 Å². The summed E-state index contributed by atoms with van der Waals surface area (Å²) in [7, 11) is -3.90. The zero-order valence-electron chi connectivity index (χ0n) is 21.7. The van der Waals surface area contributed by atoms with Gasteiger partial charge >= 0.3 is 6.18 Å². The van der Waals surface area contributed by atoms with E-state index in [0.717, 1.165) is 24.3 Å². The molecule has 2 N–H and O–H groups in total. The molecule has 1 fully saturated rings. The number of nitrogens with zero attached hydrogens (tertiary/aromatic N) is 2. The first kappa shape index (κ1) is 31.1. The third-order valence-electron chi connectivity index (χ3n) is 6.12. The van der Waals surface area contributed by atoms with Crippen LogP contribution in [-0.2, 0) is 30.0 Å². The number of halogens is 4. The molecule has 9 nitrogen and oxygen atoms in total. The maximum atomic E-state index is 14.2. The van der Waals surface area contributed by atoms with Crippen molar-refractivity contribution in [3.8, 4) is 0 Å². The minimum Gasteiger partial charge on any atom is -0.347 e. The Kier molecular flexibility index (Phi) is 10.4. The van der Waals surface area contributed by atoms with Gasteiger partial charge in [0.1, 0.15) is 17.9 Å². The second-order valence-corrected chi connectivity index (χ2v) is 11.7. The summed E-state index contributed by atoms with van der Waals surface area (Å²) in [5.41, 5.74) is 1.93. The van der Waals surface area contributed by atoms with E-state index >= 15 is 0 Å². The number of carbonyl (C=O) groups excluding carboxylic acids is 3. The average Bonchev–Trinajstić information content (AvgIpc) is 3.71. The molecule has 1 aliphatic carbocycles. The number of alkyl halides is 3. The van der Waals surface area contributed by atoms with E-state index < -0.39 is 75.0 Å². The Labute approximate surface area is 229 Å². The smallest absolute Gasteiger partial charge is 0.347 e. The molecule has 3 rings (SSSR count). The van der Waals surface area contributed by atoms with Crippen LogP contribution >= 0.6 is 0 Å². The van der Waals surface area contributed by atoms with E-state index in [1.54, 1.807) is 6.92 Å². The third kappa shape index (κ3) is 9.08. The molecule has 0 bridgehead atoms. The molecule has 14 heteroatoms. The van der Waals surface area contributed by atoms with Gasteiger partial charge in [-0.1, -0.05) is 31.5 Å². The SMILES string of the molecule is CCC[C@@H](C(=O)C(=O)NC1CC1)N(N[C@@H](c1ccc(F)cc1)C(F)(F)F)C(=O)CCS(=O)(=O)Cc1cccnc1. The molecule has 40 heavy (non-hydrogen) atoms. The van der Waals surface area contributed by atoms with E-state index in [1.807, 2.05) is 5.43 Å². The second kappa shape index (κ2) is 13.3. The highest BCUT2D eigenvalue weighted by Gasteiger charge is 2.45. The standard InChI is InChI=1S/C26H30F4N4O5S/c1-2-4-21(23(36)25(37)32-20-10-11-20)34(33-24(26(28,29)30)18-6-8-19(27)9-7-18)22(35)12-14-40(38,39)16-17-5-3-13-31-15-17/h3,5-9,13,15,20-21,24,33H,2,4,10-12,14,16H2,1H3,(H,32,37)/t21-,24-/m0/s1. The number of benzene rings is 1. The first-order valence-corrected chi connectivity index (χ1v) is 14.5. The number of hydrazine groups is 1. The molecule has 1 aliphatic rings. The predicted molar refractivity (Wildman–Crippen MR) is 136 cm³/mol. The van der Waals surface area contributed by atoms with Crippen molar-refractivity contribution in [1.82, 2.24) is 20.7 Å². The molecule has 0 radical (unpaired) electrons. The Bertz CT molecular complexity index is 1290. The molecule has 2 aromatic rings. The lowest BCUT2D eigenvalue weighted by atomic mass is 10.0. The summed E-state index contributed by atoms with van der Waals surface area (Å²) in [6.07, 6.45) is -1.66. The molecule has 1 aromatic carbocycles. The van der Waals surface area contributed by atoms with Crippen LogP contribution in [0.15, 0.2) is 48.8 Å². The largest absolute Gasteiger partial charge is 0.409 e. The lowest BCUT2D eigenvalue weighted by Gasteiger charge is -2.35. The van der Waals surface area contributed by atoms with Gasteiger partial charge in [-0.3, -0.25) is 24.4 Å². The molecule has 0 aliphatic heterocycles. The van der Waals surface area contributed by atoms with Gasteiger partial charge in [0.15, 0.2) is 9.84 Å². The summed E-state index contributed by atoms with van der Waals surface area (Å²) in [6.45, 7) is 1.61. The number of nitrogens with one attached hydrogen (secondary N) is 2. The summed E-state index contributed by atoms with van der Waals surface area (Å²) in [4.78, 5) is 42.8. The number of sulfone groups is 1. The Balaban J connectivity index is 1.91. The quantitative estimate of drug-likeness (QED) is 0.198. The summed E-state index contributed by atoms with van der Waals surface area (Å²) in [5.74, 6) is -5.27. The van der Waals surface area contributed by atoms with Gasteiger partial charge in [0.05, 0.1) is 11.5 Å². The van der Waals surface area contributed by atoms with Crippen molar-refractivity contribution in [1.29, 1.82) is 0 Å². The van der Waals surface area contributed by atoms with E-state index in [-0.39, 0.29) is 18.9 Å². The van der Waals surface area contributed by atoms with Crippen molar-refractivity contribution in [2.45, 2.75) is 69.1 Å². The summed E-state index contributed by atoms with van der Waals surface area (Å²) >= 11 is 0. The predicted octanol–water partition coefficient (Wildman–Crippen LogP) is 3.18. The van der Waals surface area contributed by atoms with Crippen molar-refractivity contribution < 1.29 is 40.4 Å². The number of Topliss-reactive ketones (excluding diaryl/α,β-unsaturated/α-hetero) is 1. The Hall–Kier alpha value is -3.39. The molecule has 1 aromatic heterocycles. The summed E-state index contributed by atoms with van der Waals surface area (Å²) in [5, 5.41) is 2.89. The second-order valence-electron chi connectivity index (χ2n) is 9.54. The fraction of sp³-hybridized carbons (Fsp3) is 0.462. The number of hydrogen-bond donors (Lipinski definition) is 2. The van der Waals surface area contributed by atoms with E-state index in [4.69, 9.17) is 0 Å². The summed E-state index contributed by atoms with van der Waals surface area (Å²) < 4.78 is 81.3. The van der Waals surface area contributed by atoms with E-state index in [9.17, 15) is 40.4 Å². The molecule has 1 saturated carbocycles. The fourth-order valence-electron chi connectivity index (χ4n) is 3.93. The molecular formula is C26H30F4N4O5S. The van der Waals surface area contributed by atoms with Crippen LogP contribution in [0.1, 0.15) is 56.2 Å². The third-order valence-corrected chi connectivity index (χ3v) is 7.72. The van der Waals surface area contributed by atoms with Crippen molar-refractivity contribution >= 4 is 27.4 Å². The number of amides is 2. The van der Waals surface area contributed by atoms with Crippen molar-refractivity contribution in [3.05, 3.63) is 65.7 Å². The van der Waals surface area contributed by atoms with Crippen molar-refractivity contribution in [3.63, 3.8) is 0 Å². The van der Waals surface area contributed by atoms with Gasteiger partial charge in [-0.05, 0) is 48.6 Å². The molecule has 218 valence electrons. The monoisotopic (exact) mass is 586 g/mol. The minimum atomic E-state index is -5.02. The Morgan fingerprint density at radius 1 is 1.12 bits per heavy atom. The van der Waals surface area contributed by atoms with E-state index in [2.05, 4.69) is 10.3 Å². The van der Waals surface area contributed by atoms with Crippen LogP contribution in [0.4, 0.5) is 17.6 Å². The lowest BCUT2D eigenvalue weighted by molar-refractivity contribution is -0.178. The number of carbonyl (C=O) groups is 3. The number of hydrogen-bond acceptors (Lipinski definition) is 7. The van der Waals surface area contributed by atoms with Gasteiger partial charge in [-0.15, -0.1) is 0 Å². The highest BCUT2D eigenvalue weighted by molar-refractivity contribution is 7.90.